The average molecular weight is 288 g/mol. The predicted octanol–water partition coefficient (Wildman–Crippen LogP) is 4.43. The molecule has 2 aromatic carbocycles. The molecule has 4 aromatic rings. The first kappa shape index (κ1) is 12.8. The van der Waals surface area contributed by atoms with E-state index in [1.165, 1.54) is 10.8 Å². The number of fused-ring (bicyclic) bond motifs is 1. The first-order valence-corrected chi connectivity index (χ1v) is 7.25. The molecule has 0 radical (unpaired) electrons. The zero-order valence-corrected chi connectivity index (χ0v) is 12.3. The van der Waals surface area contributed by atoms with Crippen LogP contribution >= 0.6 is 0 Å². The number of hydrogen-bond donors (Lipinski definition) is 0. The molecule has 0 aliphatic rings. The lowest BCUT2D eigenvalue weighted by molar-refractivity contribution is 0.413. The molecule has 2 heterocycles. The van der Waals surface area contributed by atoms with Crippen molar-refractivity contribution in [1.29, 1.82) is 0 Å². The molecule has 2 aromatic heterocycles. The number of ether oxygens (including phenoxy) is 1. The second kappa shape index (κ2) is 5.11. The molecule has 0 aliphatic carbocycles. The second-order valence-electron chi connectivity index (χ2n) is 5.17. The molecule has 0 saturated carbocycles. The molecule has 0 spiro atoms. The topological polar surface area (TPSA) is 19.1 Å². The van der Waals surface area contributed by atoms with Gasteiger partial charge in [0.05, 0.1) is 18.5 Å². The minimum atomic E-state index is 0.860. The summed E-state index contributed by atoms with van der Waals surface area (Å²) in [5.41, 5.74) is 2.19. The predicted molar refractivity (Wildman–Crippen MR) is 89.2 cm³/mol. The maximum atomic E-state index is 5.68. The van der Waals surface area contributed by atoms with Crippen LogP contribution in [0.2, 0.25) is 0 Å². The van der Waals surface area contributed by atoms with E-state index in [4.69, 9.17) is 4.74 Å². The van der Waals surface area contributed by atoms with Gasteiger partial charge in [-0.2, -0.15) is 0 Å². The number of aromatic nitrogens is 2. The molecule has 3 nitrogen and oxygen atoms in total. The Kier molecular flexibility index (Phi) is 2.97. The molecule has 0 unspecified atom stereocenters. The number of nitrogens with zero attached hydrogens (tertiary/aromatic N) is 2. The normalized spacial score (nSPS) is 11.0. The summed E-state index contributed by atoms with van der Waals surface area (Å²) in [5.74, 6) is 0.860. The Morgan fingerprint density at radius 1 is 0.727 bits per heavy atom. The third-order valence-electron chi connectivity index (χ3n) is 3.92. The Morgan fingerprint density at radius 3 is 1.95 bits per heavy atom. The third kappa shape index (κ3) is 1.91. The highest BCUT2D eigenvalue weighted by atomic mass is 16.5. The van der Waals surface area contributed by atoms with Crippen molar-refractivity contribution in [1.82, 2.24) is 9.13 Å². The van der Waals surface area contributed by atoms with E-state index >= 15 is 0 Å². The molecule has 0 saturated heterocycles. The summed E-state index contributed by atoms with van der Waals surface area (Å²) in [6.07, 6.45) is 8.19. The van der Waals surface area contributed by atoms with Crippen LogP contribution in [0, 0.1) is 0 Å². The van der Waals surface area contributed by atoms with Crippen LogP contribution in [0.15, 0.2) is 79.4 Å². The van der Waals surface area contributed by atoms with Gasteiger partial charge in [0.25, 0.3) is 0 Å². The van der Waals surface area contributed by atoms with Crippen molar-refractivity contribution in [2.24, 2.45) is 0 Å². The summed E-state index contributed by atoms with van der Waals surface area (Å²) in [4.78, 5) is 0. The zero-order valence-electron chi connectivity index (χ0n) is 12.3. The van der Waals surface area contributed by atoms with Gasteiger partial charge in [-0.25, -0.2) is 0 Å². The van der Waals surface area contributed by atoms with Crippen LogP contribution in [0.1, 0.15) is 0 Å². The highest BCUT2D eigenvalue weighted by Gasteiger charge is 2.14. The number of methoxy groups -OCH3 is 1. The quantitative estimate of drug-likeness (QED) is 0.545. The van der Waals surface area contributed by atoms with E-state index in [0.717, 1.165) is 17.1 Å². The summed E-state index contributed by atoms with van der Waals surface area (Å²) in [7, 11) is 1.72. The monoisotopic (exact) mass is 288 g/mol. The van der Waals surface area contributed by atoms with Crippen LogP contribution in [0.5, 0.6) is 5.75 Å². The maximum absolute atomic E-state index is 5.68. The lowest BCUT2D eigenvalue weighted by Crippen LogP contribution is -2.00. The second-order valence-corrected chi connectivity index (χ2v) is 5.17. The summed E-state index contributed by atoms with van der Waals surface area (Å²) in [5, 5.41) is 2.37. The van der Waals surface area contributed by atoms with Crippen molar-refractivity contribution in [3.63, 3.8) is 0 Å². The lowest BCUT2D eigenvalue weighted by Gasteiger charge is -2.17. The first-order chi connectivity index (χ1) is 10.9. The van der Waals surface area contributed by atoms with E-state index in [-0.39, 0.29) is 0 Å². The summed E-state index contributed by atoms with van der Waals surface area (Å²) >= 11 is 0. The standard InChI is InChI=1S/C19H16N2O/c1-22-18-14-17(20-10-4-5-11-20)15-8-2-3-9-16(15)19(18)21-12-6-7-13-21/h2-14H,1H3. The van der Waals surface area contributed by atoms with Crippen LogP contribution in [-0.4, -0.2) is 16.2 Å². The van der Waals surface area contributed by atoms with Gasteiger partial charge in [-0.1, -0.05) is 24.3 Å². The Bertz CT molecular complexity index is 906. The Hall–Kier alpha value is -2.94. The largest absolute Gasteiger partial charge is 0.494 e. The van der Waals surface area contributed by atoms with Crippen molar-refractivity contribution in [3.8, 4) is 17.1 Å². The molecule has 3 heteroatoms. The van der Waals surface area contributed by atoms with Gasteiger partial charge < -0.3 is 13.9 Å². The van der Waals surface area contributed by atoms with Crippen molar-refractivity contribution >= 4 is 10.8 Å². The van der Waals surface area contributed by atoms with Gasteiger partial charge in [0.15, 0.2) is 0 Å². The van der Waals surface area contributed by atoms with E-state index < -0.39 is 0 Å². The summed E-state index contributed by atoms with van der Waals surface area (Å²) in [6, 6.07) is 18.6. The van der Waals surface area contributed by atoms with Gasteiger partial charge in [0.1, 0.15) is 5.75 Å². The fourth-order valence-corrected chi connectivity index (χ4v) is 2.93. The summed E-state index contributed by atoms with van der Waals surface area (Å²) in [6.45, 7) is 0. The molecule has 0 N–H and O–H groups in total. The summed E-state index contributed by atoms with van der Waals surface area (Å²) < 4.78 is 9.89. The van der Waals surface area contributed by atoms with E-state index in [1.807, 2.05) is 36.7 Å². The molecule has 0 amide bonds. The molecule has 0 aliphatic heterocycles. The molecule has 4 rings (SSSR count). The smallest absolute Gasteiger partial charge is 0.145 e. The molecular formula is C19H16N2O. The van der Waals surface area contributed by atoms with Gasteiger partial charge in [0, 0.05) is 41.6 Å². The van der Waals surface area contributed by atoms with Crippen LogP contribution in [0.25, 0.3) is 22.1 Å². The Morgan fingerprint density at radius 2 is 1.32 bits per heavy atom. The van der Waals surface area contributed by atoms with Gasteiger partial charge in [0.2, 0.25) is 0 Å². The van der Waals surface area contributed by atoms with E-state index in [0.29, 0.717) is 0 Å². The zero-order chi connectivity index (χ0) is 14.9. The highest BCUT2D eigenvalue weighted by Crippen LogP contribution is 2.36. The van der Waals surface area contributed by atoms with Crippen molar-refractivity contribution in [3.05, 3.63) is 79.4 Å². The van der Waals surface area contributed by atoms with Crippen LogP contribution in [0.3, 0.4) is 0 Å². The third-order valence-corrected chi connectivity index (χ3v) is 3.92. The fraction of sp³-hybridized carbons (Fsp3) is 0.0526. The van der Waals surface area contributed by atoms with Gasteiger partial charge >= 0.3 is 0 Å². The number of benzene rings is 2. The fourth-order valence-electron chi connectivity index (χ4n) is 2.93. The molecule has 0 fully saturated rings. The molecular weight excluding hydrogens is 272 g/mol. The van der Waals surface area contributed by atoms with Crippen LogP contribution < -0.4 is 4.74 Å². The first-order valence-electron chi connectivity index (χ1n) is 7.25. The van der Waals surface area contributed by atoms with Crippen molar-refractivity contribution in [2.45, 2.75) is 0 Å². The maximum Gasteiger partial charge on any atom is 0.145 e. The van der Waals surface area contributed by atoms with E-state index in [2.05, 4.69) is 51.9 Å². The molecule has 0 bridgehead atoms. The number of rotatable bonds is 3. The van der Waals surface area contributed by atoms with E-state index in [9.17, 15) is 0 Å². The SMILES string of the molecule is COc1cc(-n2cccc2)c2ccccc2c1-n1cccc1. The minimum absolute atomic E-state index is 0.860. The Balaban J connectivity index is 2.12. The highest BCUT2D eigenvalue weighted by molar-refractivity contribution is 5.98. The van der Waals surface area contributed by atoms with Crippen molar-refractivity contribution in [2.75, 3.05) is 7.11 Å². The Labute approximate surface area is 129 Å². The average Bonchev–Trinajstić information content (AvgIpc) is 3.26. The molecule has 108 valence electrons. The van der Waals surface area contributed by atoms with Crippen molar-refractivity contribution < 1.29 is 4.74 Å². The van der Waals surface area contributed by atoms with Gasteiger partial charge in [-0.15, -0.1) is 0 Å². The molecule has 0 atom stereocenters. The van der Waals surface area contributed by atoms with Crippen LogP contribution in [-0.2, 0) is 0 Å². The van der Waals surface area contributed by atoms with Gasteiger partial charge in [-0.3, -0.25) is 0 Å². The number of hydrogen-bond acceptors (Lipinski definition) is 1. The minimum Gasteiger partial charge on any atom is -0.494 e. The lowest BCUT2D eigenvalue weighted by atomic mass is 10.1. The van der Waals surface area contributed by atoms with Crippen LogP contribution in [0.4, 0.5) is 0 Å². The molecule has 22 heavy (non-hydrogen) atoms. The van der Waals surface area contributed by atoms with E-state index in [1.54, 1.807) is 7.11 Å². The van der Waals surface area contributed by atoms with Gasteiger partial charge in [-0.05, 0) is 24.3 Å².